The molecule has 2 saturated carbocycles. The maximum atomic E-state index is 13.3. The van der Waals surface area contributed by atoms with Crippen molar-refractivity contribution in [2.75, 3.05) is 40.9 Å². The van der Waals surface area contributed by atoms with Crippen LogP contribution < -0.4 is 0 Å². The van der Waals surface area contributed by atoms with Crippen molar-refractivity contribution >= 4 is 27.3 Å². The molecule has 1 saturated heterocycles. The summed E-state index contributed by atoms with van der Waals surface area (Å²) in [6, 6.07) is 1.82. The number of hydrogen-bond donors (Lipinski definition) is 0. The average molecular weight is 443 g/mol. The van der Waals surface area contributed by atoms with Gasteiger partial charge in [-0.05, 0) is 69.0 Å². The van der Waals surface area contributed by atoms with E-state index in [4.69, 9.17) is 9.47 Å². The third-order valence-electron chi connectivity index (χ3n) is 6.58. The Kier molecular flexibility index (Phi) is 6.05. The minimum absolute atomic E-state index is 0.0682. The normalized spacial score (nSPS) is 30.5. The molecule has 3 aliphatic rings. The van der Waals surface area contributed by atoms with E-state index in [2.05, 4.69) is 19.0 Å². The van der Waals surface area contributed by atoms with Gasteiger partial charge in [0.05, 0.1) is 13.2 Å². The second-order valence-electron chi connectivity index (χ2n) is 8.77. The van der Waals surface area contributed by atoms with Crippen molar-refractivity contribution in [1.29, 1.82) is 0 Å². The van der Waals surface area contributed by atoms with E-state index in [-0.39, 0.29) is 15.9 Å². The van der Waals surface area contributed by atoms with Crippen LogP contribution in [0.2, 0.25) is 0 Å². The summed E-state index contributed by atoms with van der Waals surface area (Å²) in [6.07, 6.45) is 4.51. The first-order valence-corrected chi connectivity index (χ1v) is 12.6. The quantitative estimate of drug-likeness (QED) is 0.603. The van der Waals surface area contributed by atoms with Gasteiger partial charge in [-0.3, -0.25) is 0 Å². The van der Waals surface area contributed by atoms with E-state index in [1.807, 2.05) is 0 Å². The van der Waals surface area contributed by atoms with Crippen molar-refractivity contribution in [2.45, 2.75) is 42.7 Å². The molecule has 1 aromatic rings. The summed E-state index contributed by atoms with van der Waals surface area (Å²) >= 11 is 1.11. The van der Waals surface area contributed by atoms with Crippen LogP contribution in [0.5, 0.6) is 0 Å². The van der Waals surface area contributed by atoms with Crippen LogP contribution in [0.3, 0.4) is 0 Å². The third kappa shape index (κ3) is 4.25. The zero-order valence-electron chi connectivity index (χ0n) is 17.2. The van der Waals surface area contributed by atoms with Gasteiger partial charge in [0.1, 0.15) is 9.77 Å². The standard InChI is InChI=1S/C20H30N2O5S2/c1-21(2)16-8-14-10-22(11-15(14)9-17(16)27-12-13-4-5-13)29(24,25)18-6-7-28-19(18)20(23)26-3/h6-7,13-17H,4-5,8-12H2,1-3H3/t14-,15+,16-,17-/m1/s1. The molecule has 0 N–H and O–H groups in total. The Morgan fingerprint density at radius 3 is 2.55 bits per heavy atom. The molecule has 0 bridgehead atoms. The van der Waals surface area contributed by atoms with Gasteiger partial charge in [0.15, 0.2) is 0 Å². The molecule has 29 heavy (non-hydrogen) atoms. The van der Waals surface area contributed by atoms with E-state index in [0.717, 1.165) is 30.8 Å². The Labute approximate surface area is 177 Å². The average Bonchev–Trinajstić information content (AvgIpc) is 3.20. The first-order valence-electron chi connectivity index (χ1n) is 10.2. The highest BCUT2D eigenvalue weighted by Crippen LogP contribution is 2.42. The van der Waals surface area contributed by atoms with Gasteiger partial charge in [-0.1, -0.05) is 0 Å². The minimum Gasteiger partial charge on any atom is -0.465 e. The zero-order valence-corrected chi connectivity index (χ0v) is 18.9. The number of sulfonamides is 1. The maximum Gasteiger partial charge on any atom is 0.349 e. The molecule has 0 amide bonds. The van der Waals surface area contributed by atoms with Gasteiger partial charge in [-0.2, -0.15) is 4.31 Å². The summed E-state index contributed by atoms with van der Waals surface area (Å²) in [6.45, 7) is 1.82. The van der Waals surface area contributed by atoms with Gasteiger partial charge in [0.2, 0.25) is 10.0 Å². The first-order chi connectivity index (χ1) is 13.8. The second kappa shape index (κ2) is 8.26. The van der Waals surface area contributed by atoms with E-state index >= 15 is 0 Å². The largest absolute Gasteiger partial charge is 0.465 e. The van der Waals surface area contributed by atoms with Crippen molar-refractivity contribution < 1.29 is 22.7 Å². The van der Waals surface area contributed by atoms with Crippen molar-refractivity contribution in [3.63, 3.8) is 0 Å². The van der Waals surface area contributed by atoms with Crippen LogP contribution in [-0.2, 0) is 19.5 Å². The number of nitrogens with zero attached hydrogens (tertiary/aromatic N) is 2. The van der Waals surface area contributed by atoms with Crippen LogP contribution >= 0.6 is 11.3 Å². The van der Waals surface area contributed by atoms with Gasteiger partial charge >= 0.3 is 5.97 Å². The molecule has 1 aliphatic heterocycles. The lowest BCUT2D eigenvalue weighted by molar-refractivity contribution is -0.0493. The Bertz CT molecular complexity index is 849. The van der Waals surface area contributed by atoms with Crippen LogP contribution in [0.1, 0.15) is 35.4 Å². The molecular formula is C20H30N2O5S2. The van der Waals surface area contributed by atoms with E-state index in [9.17, 15) is 13.2 Å². The van der Waals surface area contributed by atoms with E-state index in [1.165, 1.54) is 26.0 Å². The van der Waals surface area contributed by atoms with Gasteiger partial charge in [-0.25, -0.2) is 13.2 Å². The van der Waals surface area contributed by atoms with E-state index in [0.29, 0.717) is 36.9 Å². The number of carbonyl (C=O) groups excluding carboxylic acids is 1. The highest BCUT2D eigenvalue weighted by molar-refractivity contribution is 7.89. The smallest absolute Gasteiger partial charge is 0.349 e. The SMILES string of the molecule is COC(=O)c1sccc1S(=O)(=O)N1C[C@H]2C[C@@H](N(C)C)[C@H](OCC3CC3)C[C@H]2C1. The summed E-state index contributed by atoms with van der Waals surface area (Å²) in [7, 11) is 1.71. The number of hydrogen-bond acceptors (Lipinski definition) is 7. The Hall–Kier alpha value is -1.00. The van der Waals surface area contributed by atoms with Crippen molar-refractivity contribution in [2.24, 2.45) is 17.8 Å². The van der Waals surface area contributed by atoms with Crippen LogP contribution in [0.25, 0.3) is 0 Å². The lowest BCUT2D eigenvalue weighted by atomic mass is 9.77. The summed E-state index contributed by atoms with van der Waals surface area (Å²) in [5, 5.41) is 1.63. The molecule has 0 radical (unpaired) electrons. The van der Waals surface area contributed by atoms with Crippen LogP contribution in [-0.4, -0.2) is 76.6 Å². The summed E-state index contributed by atoms with van der Waals surface area (Å²) < 4.78 is 39.2. The molecule has 4 rings (SSSR count). The summed E-state index contributed by atoms with van der Waals surface area (Å²) in [5.41, 5.74) is 0. The number of methoxy groups -OCH3 is 1. The number of carbonyl (C=O) groups is 1. The topological polar surface area (TPSA) is 76.2 Å². The van der Waals surface area contributed by atoms with Crippen molar-refractivity contribution in [3.05, 3.63) is 16.3 Å². The second-order valence-corrected chi connectivity index (χ2v) is 11.6. The summed E-state index contributed by atoms with van der Waals surface area (Å²) in [4.78, 5) is 14.4. The molecule has 0 unspecified atom stereocenters. The molecule has 4 atom stereocenters. The number of thiophene rings is 1. The van der Waals surface area contributed by atoms with Crippen molar-refractivity contribution in [3.8, 4) is 0 Å². The Morgan fingerprint density at radius 2 is 1.93 bits per heavy atom. The molecular weight excluding hydrogens is 412 g/mol. The monoisotopic (exact) mass is 442 g/mol. The number of rotatable bonds is 7. The molecule has 2 heterocycles. The van der Waals surface area contributed by atoms with Crippen LogP contribution in [0.15, 0.2) is 16.3 Å². The number of fused-ring (bicyclic) bond motifs is 1. The number of esters is 1. The minimum atomic E-state index is -3.72. The third-order valence-corrected chi connectivity index (χ3v) is 9.47. The lowest BCUT2D eigenvalue weighted by Gasteiger charge is -2.41. The van der Waals surface area contributed by atoms with E-state index in [1.54, 1.807) is 9.69 Å². The number of ether oxygens (including phenoxy) is 2. The first kappa shape index (κ1) is 21.2. The summed E-state index contributed by atoms with van der Waals surface area (Å²) in [5.74, 6) is 0.728. The van der Waals surface area contributed by atoms with Crippen LogP contribution in [0, 0.1) is 17.8 Å². The maximum absolute atomic E-state index is 13.3. The highest BCUT2D eigenvalue weighted by Gasteiger charge is 2.47. The molecule has 3 fully saturated rings. The molecule has 0 spiro atoms. The fourth-order valence-electron chi connectivity index (χ4n) is 4.69. The molecule has 1 aromatic heterocycles. The fraction of sp³-hybridized carbons (Fsp3) is 0.750. The van der Waals surface area contributed by atoms with E-state index < -0.39 is 16.0 Å². The molecule has 162 valence electrons. The molecule has 7 nitrogen and oxygen atoms in total. The Morgan fingerprint density at radius 1 is 1.24 bits per heavy atom. The van der Waals surface area contributed by atoms with Gasteiger partial charge in [-0.15, -0.1) is 11.3 Å². The van der Waals surface area contributed by atoms with Gasteiger partial charge < -0.3 is 14.4 Å². The molecule has 9 heteroatoms. The lowest BCUT2D eigenvalue weighted by Crippen LogP contribution is -2.48. The zero-order chi connectivity index (χ0) is 20.8. The Balaban J connectivity index is 1.50. The predicted octanol–water partition coefficient (Wildman–Crippen LogP) is 2.29. The fourth-order valence-corrected chi connectivity index (χ4v) is 7.55. The number of likely N-dealkylation sites (N-methyl/N-ethyl adjacent to an activating group) is 1. The van der Waals surface area contributed by atoms with Crippen LogP contribution in [0.4, 0.5) is 0 Å². The molecule has 0 aromatic carbocycles. The highest BCUT2D eigenvalue weighted by atomic mass is 32.2. The van der Waals surface area contributed by atoms with Crippen molar-refractivity contribution in [1.82, 2.24) is 9.21 Å². The van der Waals surface area contributed by atoms with Gasteiger partial charge in [0, 0.05) is 25.7 Å². The van der Waals surface area contributed by atoms with Gasteiger partial charge in [0.25, 0.3) is 0 Å². The molecule has 2 aliphatic carbocycles. The predicted molar refractivity (Wildman–Crippen MR) is 111 cm³/mol.